The molecule has 0 saturated carbocycles. The fourth-order valence-electron chi connectivity index (χ4n) is 8.03. The zero-order valence-electron chi connectivity index (χ0n) is 34.7. The van der Waals surface area contributed by atoms with Crippen LogP contribution in [-0.4, -0.2) is 68.4 Å². The van der Waals surface area contributed by atoms with Crippen molar-refractivity contribution in [1.82, 2.24) is 15.2 Å². The highest BCUT2D eigenvalue weighted by Crippen LogP contribution is 2.44. The molecular weight excluding hydrogens is 782 g/mol. The van der Waals surface area contributed by atoms with Gasteiger partial charge in [-0.2, -0.15) is 0 Å². The van der Waals surface area contributed by atoms with Gasteiger partial charge in [0, 0.05) is 55.7 Å². The third kappa shape index (κ3) is 9.42. The third-order valence-electron chi connectivity index (χ3n) is 12.2. The van der Waals surface area contributed by atoms with Gasteiger partial charge in [0.2, 0.25) is 17.4 Å². The Morgan fingerprint density at radius 3 is 2.27 bits per heavy atom. The highest BCUT2D eigenvalue weighted by atomic mass is 35.5. The summed E-state index contributed by atoms with van der Waals surface area (Å²) < 4.78 is 12.7. The van der Waals surface area contributed by atoms with E-state index in [0.29, 0.717) is 53.5 Å². The maximum absolute atomic E-state index is 13.5. The average molecular weight is 839 g/mol. The molecule has 0 spiro atoms. The number of aromatic nitrogens is 1. The van der Waals surface area contributed by atoms with Crippen molar-refractivity contribution >= 4 is 48.3 Å². The fraction of sp³-hybridized carbons (Fsp3) is 0.370. The number of likely N-dealkylation sites (tertiary alicyclic amines) is 1. The van der Waals surface area contributed by atoms with E-state index in [9.17, 15) is 19.5 Å². The molecule has 0 unspecified atom stereocenters. The van der Waals surface area contributed by atoms with Crippen LogP contribution in [0, 0.1) is 5.92 Å². The zero-order chi connectivity index (χ0) is 42.5. The number of methoxy groups -OCH3 is 1. The van der Waals surface area contributed by atoms with Gasteiger partial charge in [-0.3, -0.25) is 14.4 Å². The number of nitrogens with two attached hydrogens (primary N) is 1. The van der Waals surface area contributed by atoms with E-state index in [1.54, 1.807) is 31.4 Å². The van der Waals surface area contributed by atoms with Crippen molar-refractivity contribution in [2.45, 2.75) is 69.8 Å². The second-order valence-corrected chi connectivity index (χ2v) is 22.1. The number of ether oxygens (including phenoxy) is 1. The van der Waals surface area contributed by atoms with Crippen molar-refractivity contribution in [3.8, 4) is 11.5 Å². The van der Waals surface area contributed by atoms with Crippen LogP contribution in [0.1, 0.15) is 62.0 Å². The summed E-state index contributed by atoms with van der Waals surface area (Å²) in [5, 5.41) is 18.1. The number of primary amides is 1. The van der Waals surface area contributed by atoms with Gasteiger partial charge < -0.3 is 40.5 Å². The number of carbonyl (C=O) groups excluding carboxylic acids is 2. The van der Waals surface area contributed by atoms with Crippen LogP contribution in [0.15, 0.2) is 102 Å². The summed E-state index contributed by atoms with van der Waals surface area (Å²) in [6.07, 6.45) is 0.576. The number of pyridine rings is 1. The molecule has 2 amide bonds. The second kappa shape index (κ2) is 18.1. The predicted octanol–water partition coefficient (Wildman–Crippen LogP) is 7.87. The molecule has 0 radical (unpaired) electrons. The van der Waals surface area contributed by atoms with Gasteiger partial charge in [0.1, 0.15) is 16.9 Å². The normalized spacial score (nSPS) is 15.6. The summed E-state index contributed by atoms with van der Waals surface area (Å²) in [5.41, 5.74) is 9.16. The number of nitrogens with zero attached hydrogens (tertiary/aromatic N) is 1. The topological polar surface area (TPSA) is 159 Å². The van der Waals surface area contributed by atoms with Gasteiger partial charge in [-0.1, -0.05) is 99.1 Å². The molecule has 312 valence electrons. The van der Waals surface area contributed by atoms with Crippen LogP contribution in [-0.2, 0) is 26.0 Å². The predicted molar refractivity (Wildman–Crippen MR) is 238 cm³/mol. The van der Waals surface area contributed by atoms with Gasteiger partial charge in [0.25, 0.3) is 0 Å². The maximum Gasteiger partial charge on any atom is 0.248 e. The van der Waals surface area contributed by atoms with E-state index in [4.69, 9.17) is 26.5 Å². The second-order valence-electron chi connectivity index (χ2n) is 16.9. The van der Waals surface area contributed by atoms with Crippen LogP contribution in [0.25, 0.3) is 10.9 Å². The molecule has 0 bridgehead atoms. The minimum Gasteiger partial charge on any atom is -0.506 e. The highest BCUT2D eigenvalue weighted by molar-refractivity contribution is 6.74. The van der Waals surface area contributed by atoms with E-state index in [1.165, 1.54) is 6.07 Å². The summed E-state index contributed by atoms with van der Waals surface area (Å²) in [6.45, 7) is 13.6. The minimum atomic E-state index is -2.28. The number of hydrogen-bond donors (Lipinski definition) is 5. The van der Waals surface area contributed by atoms with Crippen LogP contribution in [0.2, 0.25) is 23.2 Å². The molecule has 1 aliphatic rings. The van der Waals surface area contributed by atoms with Crippen LogP contribution < -0.4 is 26.7 Å². The molecule has 2 heterocycles. The van der Waals surface area contributed by atoms with Gasteiger partial charge >= 0.3 is 0 Å². The number of phenols is 1. The molecule has 11 nitrogen and oxygen atoms in total. The Bertz CT molecular complexity index is 2290. The molecule has 1 aromatic heterocycles. The standard InChI is InChI=1S/C46H56ClN5O6Si/c1-45(2,3)59(5,6)58-40(34-17-19-38(53)43-35(34)18-20-41(54)51-43)28-49-27-30-25-36(47)37(26-39(30)57-4)50-42(55)22-24-52-23-21-33(29-52)46(44(48)56,31-13-9-7-10-14-31)32-15-11-8-12-16-32/h7-20,25-26,33,40,49,53H,21-24,27-29H2,1-6H3,(H2,48,56)(H,50,55)(H,51,54)/t33-,40+/m1/s1. The number of H-pyrrole nitrogens is 1. The lowest BCUT2D eigenvalue weighted by Crippen LogP contribution is -2.49. The number of nitrogens with one attached hydrogen (secondary N) is 3. The zero-order valence-corrected chi connectivity index (χ0v) is 36.5. The molecule has 13 heteroatoms. The Morgan fingerprint density at radius 1 is 1.00 bits per heavy atom. The van der Waals surface area contributed by atoms with Gasteiger partial charge in [0.15, 0.2) is 8.32 Å². The molecule has 6 N–H and O–H groups in total. The van der Waals surface area contributed by atoms with Crippen molar-refractivity contribution in [3.63, 3.8) is 0 Å². The number of anilines is 1. The Kier molecular flexibility index (Phi) is 13.4. The number of aromatic hydroxyl groups is 1. The van der Waals surface area contributed by atoms with Gasteiger partial charge in [-0.05, 0) is 71.9 Å². The maximum atomic E-state index is 13.5. The molecule has 1 aliphatic heterocycles. The van der Waals surface area contributed by atoms with Crippen molar-refractivity contribution in [3.05, 3.63) is 135 Å². The lowest BCUT2D eigenvalue weighted by Gasteiger charge is -2.39. The number of amides is 2. The largest absolute Gasteiger partial charge is 0.506 e. The summed E-state index contributed by atoms with van der Waals surface area (Å²) in [4.78, 5) is 44.0. The number of fused-ring (bicyclic) bond motifs is 1. The van der Waals surface area contributed by atoms with Crippen molar-refractivity contribution in [2.75, 3.05) is 38.6 Å². The monoisotopic (exact) mass is 837 g/mol. The quantitative estimate of drug-likeness (QED) is 0.0629. The van der Waals surface area contributed by atoms with E-state index in [2.05, 4.69) is 54.4 Å². The Balaban J connectivity index is 1.12. The average Bonchev–Trinajstić information content (AvgIpc) is 3.67. The number of halogens is 1. The van der Waals surface area contributed by atoms with Crippen molar-refractivity contribution in [2.24, 2.45) is 11.7 Å². The molecule has 59 heavy (non-hydrogen) atoms. The summed E-state index contributed by atoms with van der Waals surface area (Å²) in [6, 6.07) is 29.6. The fourth-order valence-corrected chi connectivity index (χ4v) is 9.54. The number of hydrogen-bond acceptors (Lipinski definition) is 8. The first-order valence-corrected chi connectivity index (χ1v) is 23.4. The van der Waals surface area contributed by atoms with E-state index < -0.39 is 19.8 Å². The summed E-state index contributed by atoms with van der Waals surface area (Å²) in [7, 11) is -0.709. The molecule has 6 rings (SSSR count). The van der Waals surface area contributed by atoms with Crippen molar-refractivity contribution < 1.29 is 23.9 Å². The molecule has 0 aliphatic carbocycles. The Hall–Kier alpha value is -4.98. The lowest BCUT2D eigenvalue weighted by atomic mass is 9.64. The summed E-state index contributed by atoms with van der Waals surface area (Å²) >= 11 is 6.79. The molecule has 5 aromatic rings. The highest BCUT2D eigenvalue weighted by Gasteiger charge is 2.49. The summed E-state index contributed by atoms with van der Waals surface area (Å²) in [5.74, 6) is -0.105. The number of rotatable bonds is 16. The smallest absolute Gasteiger partial charge is 0.248 e. The van der Waals surface area contributed by atoms with E-state index in [1.807, 2.05) is 66.7 Å². The van der Waals surface area contributed by atoms with E-state index >= 15 is 0 Å². The third-order valence-corrected chi connectivity index (χ3v) is 17.0. The Labute approximate surface area is 352 Å². The number of phenolic OH excluding ortho intramolecular Hbond substituents is 1. The Morgan fingerprint density at radius 2 is 1.66 bits per heavy atom. The first-order valence-electron chi connectivity index (χ1n) is 20.1. The molecule has 4 aromatic carbocycles. The minimum absolute atomic E-state index is 0.00865. The van der Waals surface area contributed by atoms with E-state index in [0.717, 1.165) is 35.2 Å². The van der Waals surface area contributed by atoms with Crippen LogP contribution in [0.4, 0.5) is 5.69 Å². The molecular formula is C46H56ClN5O6Si. The van der Waals surface area contributed by atoms with Crippen LogP contribution >= 0.6 is 11.6 Å². The van der Waals surface area contributed by atoms with Gasteiger partial charge in [-0.15, -0.1) is 0 Å². The van der Waals surface area contributed by atoms with E-state index in [-0.39, 0.29) is 40.5 Å². The number of benzene rings is 4. The van der Waals surface area contributed by atoms with Crippen molar-refractivity contribution in [1.29, 1.82) is 0 Å². The number of aromatic amines is 1. The first kappa shape index (κ1) is 43.6. The molecule has 1 saturated heterocycles. The molecule has 1 fully saturated rings. The lowest BCUT2D eigenvalue weighted by molar-refractivity contribution is -0.124. The van der Waals surface area contributed by atoms with Gasteiger partial charge in [0.05, 0.1) is 29.4 Å². The van der Waals surface area contributed by atoms with Crippen LogP contribution in [0.5, 0.6) is 11.5 Å². The molecule has 2 atom stereocenters. The number of carbonyl (C=O) groups is 2. The van der Waals surface area contributed by atoms with Crippen LogP contribution in [0.3, 0.4) is 0 Å². The van der Waals surface area contributed by atoms with Gasteiger partial charge in [-0.25, -0.2) is 0 Å². The first-order chi connectivity index (χ1) is 28.0. The SMILES string of the molecule is COc1cc(NC(=O)CCN2CC[C@@H](C(C(N)=O)(c3ccccc3)c3ccccc3)C2)c(Cl)cc1CNC[C@H](O[Si](C)(C)C(C)(C)C)c1ccc(O)c2[nH]c(=O)ccc12.